The van der Waals surface area contributed by atoms with Gasteiger partial charge in [-0.15, -0.1) is 0 Å². The standard InChI is InChI=1S/C25H36N4O5/c1-17(2)22(28(4)23(32)14-26-16-31)13-18(3)25(34)29-12-8-11-21(29)24(33)27-20(15-30)19-9-6-5-7-10-19/h5-7,9-10,13,16-17,20-22,30H,8,11-12,14-15H2,1-4H3,(H,26,31)(H,27,33)/t20-,21-,22+/m0/s1. The zero-order valence-corrected chi connectivity index (χ0v) is 20.4. The smallest absolute Gasteiger partial charge is 0.249 e. The molecule has 9 heteroatoms. The van der Waals surface area contributed by atoms with Crippen LogP contribution in [0.3, 0.4) is 0 Å². The minimum absolute atomic E-state index is 0.0294. The van der Waals surface area contributed by atoms with Crippen molar-refractivity contribution < 1.29 is 24.3 Å². The molecule has 1 heterocycles. The summed E-state index contributed by atoms with van der Waals surface area (Å²) in [6.45, 7) is 5.67. The van der Waals surface area contributed by atoms with Crippen molar-refractivity contribution in [2.45, 2.75) is 51.7 Å². The molecule has 0 saturated carbocycles. The third-order valence-corrected chi connectivity index (χ3v) is 6.14. The molecule has 9 nitrogen and oxygen atoms in total. The van der Waals surface area contributed by atoms with Gasteiger partial charge in [0.25, 0.3) is 0 Å². The zero-order chi connectivity index (χ0) is 25.3. The van der Waals surface area contributed by atoms with Crippen molar-refractivity contribution in [1.82, 2.24) is 20.4 Å². The summed E-state index contributed by atoms with van der Waals surface area (Å²) in [5.41, 5.74) is 1.24. The first-order valence-electron chi connectivity index (χ1n) is 11.6. The Balaban J connectivity index is 2.14. The van der Waals surface area contributed by atoms with Crippen LogP contribution in [0.5, 0.6) is 0 Å². The van der Waals surface area contributed by atoms with Gasteiger partial charge < -0.3 is 25.5 Å². The number of carbonyl (C=O) groups excluding carboxylic acids is 4. The van der Waals surface area contributed by atoms with E-state index in [2.05, 4.69) is 10.6 Å². The van der Waals surface area contributed by atoms with Crippen LogP contribution in [0.15, 0.2) is 42.0 Å². The number of benzene rings is 1. The lowest BCUT2D eigenvalue weighted by atomic mass is 9.99. The monoisotopic (exact) mass is 472 g/mol. The van der Waals surface area contributed by atoms with Gasteiger partial charge in [0.15, 0.2) is 0 Å². The summed E-state index contributed by atoms with van der Waals surface area (Å²) >= 11 is 0. The molecule has 1 aromatic rings. The molecule has 3 N–H and O–H groups in total. The van der Waals surface area contributed by atoms with Crippen molar-refractivity contribution in [3.8, 4) is 0 Å². The Labute approximate surface area is 201 Å². The second-order valence-corrected chi connectivity index (χ2v) is 8.90. The molecule has 0 aliphatic carbocycles. The summed E-state index contributed by atoms with van der Waals surface area (Å²) in [6.07, 6.45) is 3.47. The highest BCUT2D eigenvalue weighted by molar-refractivity contribution is 5.97. The van der Waals surface area contributed by atoms with E-state index in [-0.39, 0.29) is 42.8 Å². The number of aliphatic hydroxyl groups excluding tert-OH is 1. The number of aliphatic hydroxyl groups is 1. The highest BCUT2D eigenvalue weighted by Crippen LogP contribution is 2.23. The number of hydrogen-bond acceptors (Lipinski definition) is 5. The van der Waals surface area contributed by atoms with Crippen LogP contribution in [-0.2, 0) is 19.2 Å². The molecular weight excluding hydrogens is 436 g/mol. The predicted octanol–water partition coefficient (Wildman–Crippen LogP) is 1.00. The van der Waals surface area contributed by atoms with Crippen molar-refractivity contribution >= 4 is 24.1 Å². The maximum absolute atomic E-state index is 13.3. The minimum atomic E-state index is -0.623. The van der Waals surface area contributed by atoms with Gasteiger partial charge in [0.1, 0.15) is 6.04 Å². The molecule has 1 aliphatic heterocycles. The molecular formula is C25H36N4O5. The lowest BCUT2D eigenvalue weighted by Crippen LogP contribution is -2.48. The molecule has 1 aromatic carbocycles. The van der Waals surface area contributed by atoms with Crippen LogP contribution in [0.25, 0.3) is 0 Å². The average molecular weight is 473 g/mol. The number of nitrogens with zero attached hydrogens (tertiary/aromatic N) is 2. The van der Waals surface area contributed by atoms with Crippen molar-refractivity contribution in [1.29, 1.82) is 0 Å². The largest absolute Gasteiger partial charge is 0.394 e. The fourth-order valence-corrected chi connectivity index (χ4v) is 4.20. The predicted molar refractivity (Wildman–Crippen MR) is 128 cm³/mol. The molecule has 34 heavy (non-hydrogen) atoms. The Bertz CT molecular complexity index is 887. The number of likely N-dealkylation sites (tertiary alicyclic amines) is 1. The van der Waals surface area contributed by atoms with Gasteiger partial charge in [-0.05, 0) is 31.2 Å². The van der Waals surface area contributed by atoms with E-state index in [9.17, 15) is 24.3 Å². The summed E-state index contributed by atoms with van der Waals surface area (Å²) in [4.78, 5) is 52.2. The molecule has 4 amide bonds. The van der Waals surface area contributed by atoms with Crippen LogP contribution in [-0.4, -0.2) is 77.9 Å². The second kappa shape index (κ2) is 12.9. The maximum atomic E-state index is 13.3. The molecule has 0 radical (unpaired) electrons. The van der Waals surface area contributed by atoms with Gasteiger partial charge in [0.2, 0.25) is 24.1 Å². The van der Waals surface area contributed by atoms with Gasteiger partial charge in [0, 0.05) is 19.2 Å². The first-order chi connectivity index (χ1) is 16.2. The van der Waals surface area contributed by atoms with E-state index < -0.39 is 12.1 Å². The SMILES string of the molecule is CC(=C[C@H](C(C)C)N(C)C(=O)CNC=O)C(=O)N1CCC[C@H]1C(=O)N[C@@H](CO)c1ccccc1. The van der Waals surface area contributed by atoms with Gasteiger partial charge in [-0.25, -0.2) is 0 Å². The summed E-state index contributed by atoms with van der Waals surface area (Å²) in [7, 11) is 1.64. The normalized spacial score (nSPS) is 17.8. The van der Waals surface area contributed by atoms with Crippen molar-refractivity contribution in [3.63, 3.8) is 0 Å². The topological polar surface area (TPSA) is 119 Å². The fourth-order valence-electron chi connectivity index (χ4n) is 4.20. The number of nitrogens with one attached hydrogen (secondary N) is 2. The lowest BCUT2D eigenvalue weighted by Gasteiger charge is -2.30. The van der Waals surface area contributed by atoms with Gasteiger partial charge >= 0.3 is 0 Å². The Hall–Kier alpha value is -3.20. The Morgan fingerprint density at radius 2 is 1.91 bits per heavy atom. The quantitative estimate of drug-likeness (QED) is 0.328. The van der Waals surface area contributed by atoms with E-state index in [0.717, 1.165) is 5.56 Å². The van der Waals surface area contributed by atoms with Crippen LogP contribution in [0, 0.1) is 5.92 Å². The average Bonchev–Trinajstić information content (AvgIpc) is 3.33. The third kappa shape index (κ3) is 6.90. The van der Waals surface area contributed by atoms with Crippen molar-refractivity contribution in [2.24, 2.45) is 5.92 Å². The summed E-state index contributed by atoms with van der Waals surface area (Å²) in [5, 5.41) is 15.0. The molecule has 1 saturated heterocycles. The Morgan fingerprint density at radius 1 is 1.24 bits per heavy atom. The van der Waals surface area contributed by atoms with Crippen LogP contribution >= 0.6 is 0 Å². The molecule has 0 spiro atoms. The molecule has 0 aromatic heterocycles. The van der Waals surface area contributed by atoms with E-state index in [1.165, 1.54) is 4.90 Å². The van der Waals surface area contributed by atoms with Gasteiger partial charge in [-0.3, -0.25) is 19.2 Å². The molecule has 2 rings (SSSR count). The number of hydrogen-bond donors (Lipinski definition) is 3. The summed E-state index contributed by atoms with van der Waals surface area (Å²) < 4.78 is 0. The number of rotatable bonds is 11. The summed E-state index contributed by atoms with van der Waals surface area (Å²) in [5.74, 6) is -0.789. The number of carbonyl (C=O) groups is 4. The van der Waals surface area contributed by atoms with Crippen LogP contribution in [0.4, 0.5) is 0 Å². The zero-order valence-electron chi connectivity index (χ0n) is 20.4. The molecule has 3 atom stereocenters. The molecule has 1 aliphatic rings. The van der Waals surface area contributed by atoms with Gasteiger partial charge in [-0.1, -0.05) is 50.3 Å². The highest BCUT2D eigenvalue weighted by Gasteiger charge is 2.36. The molecule has 186 valence electrons. The number of likely N-dealkylation sites (N-methyl/N-ethyl adjacent to an activating group) is 1. The maximum Gasteiger partial charge on any atom is 0.249 e. The summed E-state index contributed by atoms with van der Waals surface area (Å²) in [6, 6.07) is 7.68. The van der Waals surface area contributed by atoms with Crippen LogP contribution in [0.2, 0.25) is 0 Å². The Morgan fingerprint density at radius 3 is 2.50 bits per heavy atom. The van der Waals surface area contributed by atoms with E-state index >= 15 is 0 Å². The van der Waals surface area contributed by atoms with E-state index in [0.29, 0.717) is 31.4 Å². The fraction of sp³-hybridized carbons (Fsp3) is 0.520. The molecule has 1 fully saturated rings. The van der Waals surface area contributed by atoms with E-state index in [1.54, 1.807) is 24.9 Å². The van der Waals surface area contributed by atoms with Crippen molar-refractivity contribution in [3.05, 3.63) is 47.5 Å². The Kier molecular flexibility index (Phi) is 10.2. The highest BCUT2D eigenvalue weighted by atomic mass is 16.3. The molecule has 0 bridgehead atoms. The minimum Gasteiger partial charge on any atom is -0.394 e. The second-order valence-electron chi connectivity index (χ2n) is 8.90. The molecule has 0 unspecified atom stereocenters. The van der Waals surface area contributed by atoms with Gasteiger partial charge in [-0.2, -0.15) is 0 Å². The van der Waals surface area contributed by atoms with E-state index in [4.69, 9.17) is 0 Å². The van der Waals surface area contributed by atoms with Crippen LogP contribution in [0.1, 0.15) is 45.2 Å². The third-order valence-electron chi connectivity index (χ3n) is 6.14. The lowest BCUT2D eigenvalue weighted by molar-refractivity contribution is -0.136. The van der Waals surface area contributed by atoms with Crippen molar-refractivity contribution in [2.75, 3.05) is 26.7 Å². The first-order valence-corrected chi connectivity index (χ1v) is 11.6. The van der Waals surface area contributed by atoms with Crippen LogP contribution < -0.4 is 10.6 Å². The first kappa shape index (κ1) is 27.0. The number of amides is 4. The van der Waals surface area contributed by atoms with E-state index in [1.807, 2.05) is 44.2 Å². The van der Waals surface area contributed by atoms with Gasteiger partial charge in [0.05, 0.1) is 25.2 Å².